The predicted octanol–water partition coefficient (Wildman–Crippen LogP) is 3.58. The minimum atomic E-state index is -3.13. The van der Waals surface area contributed by atoms with Gasteiger partial charge in [0.2, 0.25) is 10.0 Å². The van der Waals surface area contributed by atoms with Crippen LogP contribution in [-0.4, -0.2) is 57.2 Å². The van der Waals surface area contributed by atoms with Crippen molar-refractivity contribution < 1.29 is 17.6 Å². The van der Waals surface area contributed by atoms with Crippen LogP contribution >= 0.6 is 0 Å². The molecule has 0 amide bonds. The van der Waals surface area contributed by atoms with Gasteiger partial charge in [0.05, 0.1) is 19.9 Å². The minimum Gasteiger partial charge on any atom is -0.496 e. The lowest BCUT2D eigenvalue weighted by Crippen LogP contribution is -2.34. The van der Waals surface area contributed by atoms with Gasteiger partial charge in [-0.05, 0) is 42.8 Å². The van der Waals surface area contributed by atoms with Crippen molar-refractivity contribution in [1.82, 2.24) is 9.21 Å². The first-order valence-corrected chi connectivity index (χ1v) is 11.6. The third kappa shape index (κ3) is 4.47. The second-order valence-corrected chi connectivity index (χ2v) is 9.44. The fourth-order valence-electron chi connectivity index (χ4n) is 3.88. The molecule has 1 aliphatic heterocycles. The largest absolute Gasteiger partial charge is 0.496 e. The zero-order valence-corrected chi connectivity index (χ0v) is 17.6. The van der Waals surface area contributed by atoms with Crippen molar-refractivity contribution in [2.75, 3.05) is 39.5 Å². The zero-order valence-electron chi connectivity index (χ0n) is 16.8. The molecule has 0 saturated carbocycles. The van der Waals surface area contributed by atoms with Crippen LogP contribution in [0.3, 0.4) is 0 Å². The van der Waals surface area contributed by atoms with Gasteiger partial charge in [0.1, 0.15) is 17.1 Å². The summed E-state index contributed by atoms with van der Waals surface area (Å²) in [5, 5.41) is 1.05. The van der Waals surface area contributed by atoms with Crippen molar-refractivity contribution in [3.05, 3.63) is 54.3 Å². The Hall–Kier alpha value is -2.35. The number of hydrogen-bond donors (Lipinski definition) is 0. The highest BCUT2D eigenvalue weighted by atomic mass is 32.2. The van der Waals surface area contributed by atoms with Gasteiger partial charge in [-0.15, -0.1) is 0 Å². The summed E-state index contributed by atoms with van der Waals surface area (Å²) >= 11 is 0. The van der Waals surface area contributed by atoms with Gasteiger partial charge in [0.25, 0.3) is 0 Å². The van der Waals surface area contributed by atoms with E-state index in [0.29, 0.717) is 26.2 Å². The smallest absolute Gasteiger partial charge is 0.211 e. The molecule has 0 radical (unpaired) electrons. The van der Waals surface area contributed by atoms with Gasteiger partial charge >= 0.3 is 0 Å². The summed E-state index contributed by atoms with van der Waals surface area (Å²) in [4.78, 5) is 2.25. The van der Waals surface area contributed by atoms with Crippen molar-refractivity contribution in [1.29, 1.82) is 0 Å². The zero-order chi connectivity index (χ0) is 20.4. The monoisotopic (exact) mass is 414 g/mol. The van der Waals surface area contributed by atoms with Crippen LogP contribution in [0, 0.1) is 0 Å². The molecule has 29 heavy (non-hydrogen) atoms. The van der Waals surface area contributed by atoms with Crippen molar-refractivity contribution in [2.45, 2.75) is 13.0 Å². The lowest BCUT2D eigenvalue weighted by Gasteiger charge is -2.19. The summed E-state index contributed by atoms with van der Waals surface area (Å²) in [5.41, 5.74) is 2.99. The number of hydrogen-bond acceptors (Lipinski definition) is 5. The number of benzene rings is 2. The average molecular weight is 415 g/mol. The van der Waals surface area contributed by atoms with Crippen LogP contribution in [0.2, 0.25) is 0 Å². The lowest BCUT2D eigenvalue weighted by atomic mass is 10.0. The molecular weight excluding hydrogens is 388 g/mol. The molecule has 7 heteroatoms. The molecule has 0 atom stereocenters. The highest BCUT2D eigenvalue weighted by molar-refractivity contribution is 7.88. The average Bonchev–Trinajstić information content (AvgIpc) is 2.94. The molecule has 3 aromatic rings. The van der Waals surface area contributed by atoms with E-state index in [0.717, 1.165) is 46.6 Å². The number of nitrogens with zero attached hydrogens (tertiary/aromatic N) is 2. The summed E-state index contributed by atoms with van der Waals surface area (Å²) in [5.74, 6) is 1.74. The Morgan fingerprint density at radius 3 is 2.66 bits per heavy atom. The molecule has 0 N–H and O–H groups in total. The van der Waals surface area contributed by atoms with Crippen molar-refractivity contribution in [3.63, 3.8) is 0 Å². The summed E-state index contributed by atoms with van der Waals surface area (Å²) in [6.07, 6.45) is 2.10. The minimum absolute atomic E-state index is 0.525. The first kappa shape index (κ1) is 19.9. The van der Waals surface area contributed by atoms with E-state index in [4.69, 9.17) is 9.15 Å². The van der Waals surface area contributed by atoms with Crippen LogP contribution < -0.4 is 4.74 Å². The van der Waals surface area contributed by atoms with Gasteiger partial charge in [-0.25, -0.2) is 12.7 Å². The number of fused-ring (bicyclic) bond motifs is 1. The first-order chi connectivity index (χ1) is 13.9. The maximum absolute atomic E-state index is 11.8. The maximum atomic E-state index is 11.8. The Morgan fingerprint density at radius 1 is 1.03 bits per heavy atom. The molecule has 2 aromatic carbocycles. The van der Waals surface area contributed by atoms with Crippen molar-refractivity contribution in [2.24, 2.45) is 0 Å². The molecule has 6 nitrogen and oxygen atoms in total. The van der Waals surface area contributed by atoms with E-state index >= 15 is 0 Å². The highest BCUT2D eigenvalue weighted by Crippen LogP contribution is 2.32. The Labute approximate surface area is 171 Å². The molecule has 0 spiro atoms. The van der Waals surface area contributed by atoms with Gasteiger partial charge in [0, 0.05) is 30.6 Å². The van der Waals surface area contributed by atoms with Crippen molar-refractivity contribution >= 4 is 21.0 Å². The molecule has 154 valence electrons. The van der Waals surface area contributed by atoms with Gasteiger partial charge in [-0.2, -0.15) is 0 Å². The molecular formula is C22H26N2O4S. The summed E-state index contributed by atoms with van der Waals surface area (Å²) in [7, 11) is -1.45. The molecule has 0 unspecified atom stereocenters. The number of ether oxygens (including phenoxy) is 1. The fraction of sp³-hybridized carbons (Fsp3) is 0.364. The third-order valence-corrected chi connectivity index (χ3v) is 6.68. The van der Waals surface area contributed by atoms with E-state index in [-0.39, 0.29) is 0 Å². The summed E-state index contributed by atoms with van der Waals surface area (Å²) < 4.78 is 36.7. The molecule has 2 heterocycles. The molecule has 4 rings (SSSR count). The van der Waals surface area contributed by atoms with Gasteiger partial charge in [-0.1, -0.05) is 24.3 Å². The second-order valence-electron chi connectivity index (χ2n) is 7.46. The fourth-order valence-corrected chi connectivity index (χ4v) is 4.76. The molecule has 1 saturated heterocycles. The molecule has 1 fully saturated rings. The van der Waals surface area contributed by atoms with Crippen LogP contribution in [-0.2, 0) is 16.6 Å². The number of sulfonamides is 1. The topological polar surface area (TPSA) is 63.0 Å². The predicted molar refractivity (Wildman–Crippen MR) is 115 cm³/mol. The molecule has 1 aliphatic rings. The van der Waals surface area contributed by atoms with Crippen LogP contribution in [0.1, 0.15) is 12.2 Å². The third-order valence-electron chi connectivity index (χ3n) is 5.38. The molecule has 0 aliphatic carbocycles. The van der Waals surface area contributed by atoms with Crippen molar-refractivity contribution in [3.8, 4) is 16.9 Å². The van der Waals surface area contributed by atoms with E-state index in [9.17, 15) is 8.42 Å². The van der Waals surface area contributed by atoms with Crippen LogP contribution in [0.25, 0.3) is 22.1 Å². The highest BCUT2D eigenvalue weighted by Gasteiger charge is 2.22. The quantitative estimate of drug-likeness (QED) is 0.639. The lowest BCUT2D eigenvalue weighted by molar-refractivity contribution is 0.258. The van der Waals surface area contributed by atoms with Crippen LogP contribution in [0.15, 0.2) is 52.9 Å². The number of furan rings is 1. The van der Waals surface area contributed by atoms with E-state index in [1.165, 1.54) is 6.26 Å². The Bertz CT molecular complexity index is 1110. The maximum Gasteiger partial charge on any atom is 0.211 e. The van der Waals surface area contributed by atoms with E-state index in [1.54, 1.807) is 11.4 Å². The van der Waals surface area contributed by atoms with Gasteiger partial charge < -0.3 is 9.15 Å². The van der Waals surface area contributed by atoms with E-state index in [2.05, 4.69) is 17.0 Å². The van der Waals surface area contributed by atoms with Gasteiger partial charge in [-0.3, -0.25) is 4.90 Å². The van der Waals surface area contributed by atoms with Crippen LogP contribution in [0.4, 0.5) is 0 Å². The Kier molecular flexibility index (Phi) is 5.63. The number of methoxy groups -OCH3 is 1. The second kappa shape index (κ2) is 8.18. The Morgan fingerprint density at radius 2 is 1.86 bits per heavy atom. The van der Waals surface area contributed by atoms with Crippen LogP contribution in [0.5, 0.6) is 5.75 Å². The SMILES string of the molecule is COc1ccccc1-c1ccc2oc(CN3CCCN(S(C)(=O)=O)CC3)cc2c1. The number of para-hydroxylation sites is 1. The summed E-state index contributed by atoms with van der Waals surface area (Å²) in [6, 6.07) is 16.2. The first-order valence-electron chi connectivity index (χ1n) is 9.77. The normalized spacial score (nSPS) is 16.8. The molecule has 1 aromatic heterocycles. The van der Waals surface area contributed by atoms with E-state index < -0.39 is 10.0 Å². The van der Waals surface area contributed by atoms with E-state index in [1.807, 2.05) is 36.4 Å². The standard InChI is InChI=1S/C22H26N2O4S/c1-27-22-7-4-3-6-20(22)17-8-9-21-18(14-17)15-19(28-21)16-23-10-5-11-24(13-12-23)29(2,25)26/h3-4,6-9,14-15H,5,10-13,16H2,1-2H3. The van der Waals surface area contributed by atoms with Gasteiger partial charge in [0.15, 0.2) is 0 Å². The molecule has 0 bridgehead atoms. The summed E-state index contributed by atoms with van der Waals surface area (Å²) in [6.45, 7) is 3.34. The Balaban J connectivity index is 1.52. The number of rotatable bonds is 5.